The summed E-state index contributed by atoms with van der Waals surface area (Å²) in [7, 11) is 0. The van der Waals surface area contributed by atoms with Gasteiger partial charge in [-0.3, -0.25) is 14.3 Å². The molecule has 4 rings (SSSR count). The Kier molecular flexibility index (Phi) is 4.67. The van der Waals surface area contributed by atoms with Gasteiger partial charge in [0.1, 0.15) is 12.1 Å². The maximum absolute atomic E-state index is 12.5. The molecule has 3 aromatic rings. The van der Waals surface area contributed by atoms with Crippen LogP contribution in [0.5, 0.6) is 0 Å². The molecule has 1 fully saturated rings. The molecule has 134 valence electrons. The zero-order valence-electron chi connectivity index (χ0n) is 14.9. The van der Waals surface area contributed by atoms with Crippen LogP contribution in [0, 0.1) is 0 Å². The second-order valence-corrected chi connectivity index (χ2v) is 6.73. The van der Waals surface area contributed by atoms with E-state index in [1.165, 1.54) is 12.8 Å². The predicted molar refractivity (Wildman–Crippen MR) is 101 cm³/mol. The molecular formula is C20H23N5O. The van der Waals surface area contributed by atoms with Gasteiger partial charge in [0, 0.05) is 18.3 Å². The van der Waals surface area contributed by atoms with Crippen LogP contribution in [0.15, 0.2) is 48.9 Å². The molecule has 1 aromatic carbocycles. The molecule has 0 bridgehead atoms. The predicted octanol–water partition coefficient (Wildman–Crippen LogP) is 2.52. The van der Waals surface area contributed by atoms with Crippen molar-refractivity contribution in [3.05, 3.63) is 54.5 Å². The van der Waals surface area contributed by atoms with Crippen LogP contribution >= 0.6 is 0 Å². The number of rotatable bonds is 5. The lowest BCUT2D eigenvalue weighted by Gasteiger charge is -2.23. The first-order chi connectivity index (χ1) is 12.7. The SMILES string of the molecule is C[C@@H](C(=O)NCc1cccnc1-n1cnc2ccccc21)N1CCCC1. The first-order valence-electron chi connectivity index (χ1n) is 9.12. The van der Waals surface area contributed by atoms with E-state index >= 15 is 0 Å². The van der Waals surface area contributed by atoms with E-state index in [0.717, 1.165) is 35.5 Å². The van der Waals surface area contributed by atoms with E-state index in [2.05, 4.69) is 20.2 Å². The van der Waals surface area contributed by atoms with Crippen LogP contribution < -0.4 is 5.32 Å². The summed E-state index contributed by atoms with van der Waals surface area (Å²) in [5.41, 5.74) is 2.90. The van der Waals surface area contributed by atoms with E-state index in [9.17, 15) is 4.79 Å². The summed E-state index contributed by atoms with van der Waals surface area (Å²) in [6.45, 7) is 4.45. The van der Waals surface area contributed by atoms with Crippen molar-refractivity contribution in [2.75, 3.05) is 13.1 Å². The summed E-state index contributed by atoms with van der Waals surface area (Å²) >= 11 is 0. The van der Waals surface area contributed by atoms with Crippen LogP contribution in [0.25, 0.3) is 16.9 Å². The summed E-state index contributed by atoms with van der Waals surface area (Å²) < 4.78 is 1.97. The fourth-order valence-electron chi connectivity index (χ4n) is 3.54. The van der Waals surface area contributed by atoms with Gasteiger partial charge in [-0.15, -0.1) is 0 Å². The molecule has 1 saturated heterocycles. The molecule has 0 saturated carbocycles. The normalized spacial score (nSPS) is 16.0. The van der Waals surface area contributed by atoms with Crippen LogP contribution in [0.3, 0.4) is 0 Å². The summed E-state index contributed by atoms with van der Waals surface area (Å²) in [4.78, 5) is 23.7. The third-order valence-electron chi connectivity index (χ3n) is 5.07. The van der Waals surface area contributed by atoms with Gasteiger partial charge in [-0.05, 0) is 51.1 Å². The molecule has 1 atom stereocenters. The Balaban J connectivity index is 1.54. The molecule has 1 amide bonds. The molecule has 0 spiro atoms. The van der Waals surface area contributed by atoms with Gasteiger partial charge in [0.15, 0.2) is 0 Å². The van der Waals surface area contributed by atoms with Gasteiger partial charge in [-0.2, -0.15) is 0 Å². The third-order valence-corrected chi connectivity index (χ3v) is 5.07. The number of hydrogen-bond donors (Lipinski definition) is 1. The maximum Gasteiger partial charge on any atom is 0.237 e. The highest BCUT2D eigenvalue weighted by atomic mass is 16.2. The number of fused-ring (bicyclic) bond motifs is 1. The monoisotopic (exact) mass is 349 g/mol. The number of imidazole rings is 1. The summed E-state index contributed by atoms with van der Waals surface area (Å²) in [6.07, 6.45) is 5.91. The Morgan fingerprint density at radius 1 is 1.15 bits per heavy atom. The largest absolute Gasteiger partial charge is 0.351 e. The van der Waals surface area contributed by atoms with Gasteiger partial charge in [-0.1, -0.05) is 18.2 Å². The highest BCUT2D eigenvalue weighted by Crippen LogP contribution is 2.19. The minimum Gasteiger partial charge on any atom is -0.351 e. The highest BCUT2D eigenvalue weighted by Gasteiger charge is 2.23. The molecule has 1 aliphatic rings. The topological polar surface area (TPSA) is 63.1 Å². The minimum absolute atomic E-state index is 0.0668. The van der Waals surface area contributed by atoms with Crippen LogP contribution in [0.1, 0.15) is 25.3 Å². The fourth-order valence-corrected chi connectivity index (χ4v) is 3.54. The lowest BCUT2D eigenvalue weighted by atomic mass is 10.2. The van der Waals surface area contributed by atoms with Gasteiger partial charge in [0.2, 0.25) is 5.91 Å². The molecule has 0 radical (unpaired) electrons. The van der Waals surface area contributed by atoms with Crippen molar-refractivity contribution >= 4 is 16.9 Å². The number of pyridine rings is 1. The average molecular weight is 349 g/mol. The molecule has 0 unspecified atom stereocenters. The first kappa shape index (κ1) is 16.7. The summed E-state index contributed by atoms with van der Waals surface area (Å²) in [5, 5.41) is 3.07. The van der Waals surface area contributed by atoms with Crippen LogP contribution in [0.2, 0.25) is 0 Å². The van der Waals surface area contributed by atoms with Crippen LogP contribution in [0.4, 0.5) is 0 Å². The van der Waals surface area contributed by atoms with Crippen LogP contribution in [-0.4, -0.2) is 44.5 Å². The number of hydrogen-bond acceptors (Lipinski definition) is 4. The Bertz CT molecular complexity index is 913. The van der Waals surface area contributed by atoms with Crippen molar-refractivity contribution in [2.24, 2.45) is 0 Å². The van der Waals surface area contributed by atoms with E-state index in [1.54, 1.807) is 12.5 Å². The van der Waals surface area contributed by atoms with Crippen molar-refractivity contribution < 1.29 is 4.79 Å². The second kappa shape index (κ2) is 7.25. The third kappa shape index (κ3) is 3.20. The zero-order valence-corrected chi connectivity index (χ0v) is 14.9. The number of para-hydroxylation sites is 2. The Morgan fingerprint density at radius 3 is 2.81 bits per heavy atom. The first-order valence-corrected chi connectivity index (χ1v) is 9.12. The average Bonchev–Trinajstić information content (AvgIpc) is 3.35. The summed E-state index contributed by atoms with van der Waals surface area (Å²) in [6, 6.07) is 11.8. The number of nitrogens with zero attached hydrogens (tertiary/aromatic N) is 4. The number of carbonyl (C=O) groups excluding carboxylic acids is 1. The molecule has 2 aromatic heterocycles. The number of carbonyl (C=O) groups is 1. The highest BCUT2D eigenvalue weighted by molar-refractivity contribution is 5.81. The number of aromatic nitrogens is 3. The van der Waals surface area contributed by atoms with E-state index in [1.807, 2.05) is 47.9 Å². The number of benzene rings is 1. The van der Waals surface area contributed by atoms with Gasteiger partial charge in [-0.25, -0.2) is 9.97 Å². The van der Waals surface area contributed by atoms with E-state index in [4.69, 9.17) is 0 Å². The summed E-state index contributed by atoms with van der Waals surface area (Å²) in [5.74, 6) is 0.868. The molecule has 6 heteroatoms. The van der Waals surface area contributed by atoms with E-state index in [0.29, 0.717) is 6.54 Å². The lowest BCUT2D eigenvalue weighted by Crippen LogP contribution is -2.43. The maximum atomic E-state index is 12.5. The van der Waals surface area contributed by atoms with Crippen molar-refractivity contribution in [1.29, 1.82) is 0 Å². The van der Waals surface area contributed by atoms with Crippen LogP contribution in [-0.2, 0) is 11.3 Å². The number of likely N-dealkylation sites (tertiary alicyclic amines) is 1. The minimum atomic E-state index is -0.0910. The van der Waals surface area contributed by atoms with Crippen molar-refractivity contribution in [3.63, 3.8) is 0 Å². The zero-order chi connectivity index (χ0) is 17.9. The standard InChI is InChI=1S/C20H23N5O/c1-15(24-11-4-5-12-24)20(26)22-13-16-7-6-10-21-19(16)25-14-23-17-8-2-3-9-18(17)25/h2-3,6-10,14-15H,4-5,11-13H2,1H3,(H,22,26)/t15-/m0/s1. The Labute approximate surface area is 152 Å². The molecule has 6 nitrogen and oxygen atoms in total. The quantitative estimate of drug-likeness (QED) is 0.769. The molecule has 3 heterocycles. The van der Waals surface area contributed by atoms with Crippen molar-refractivity contribution in [3.8, 4) is 5.82 Å². The smallest absolute Gasteiger partial charge is 0.237 e. The molecule has 0 aliphatic carbocycles. The second-order valence-electron chi connectivity index (χ2n) is 6.73. The molecule has 26 heavy (non-hydrogen) atoms. The Morgan fingerprint density at radius 2 is 1.96 bits per heavy atom. The lowest BCUT2D eigenvalue weighted by molar-refractivity contribution is -0.125. The number of nitrogens with one attached hydrogen (secondary N) is 1. The van der Waals surface area contributed by atoms with E-state index in [-0.39, 0.29) is 11.9 Å². The fraction of sp³-hybridized carbons (Fsp3) is 0.350. The van der Waals surface area contributed by atoms with E-state index < -0.39 is 0 Å². The molecule has 1 N–H and O–H groups in total. The Hall–Kier alpha value is -2.73. The molecule has 1 aliphatic heterocycles. The van der Waals surface area contributed by atoms with Gasteiger partial charge in [0.25, 0.3) is 0 Å². The van der Waals surface area contributed by atoms with Crippen molar-refractivity contribution in [1.82, 2.24) is 24.8 Å². The van der Waals surface area contributed by atoms with Gasteiger partial charge < -0.3 is 5.32 Å². The molecular weight excluding hydrogens is 326 g/mol. The van der Waals surface area contributed by atoms with Crippen molar-refractivity contribution in [2.45, 2.75) is 32.4 Å². The van der Waals surface area contributed by atoms with Gasteiger partial charge >= 0.3 is 0 Å². The van der Waals surface area contributed by atoms with Gasteiger partial charge in [0.05, 0.1) is 17.1 Å². The number of amides is 1.